The predicted molar refractivity (Wildman–Crippen MR) is 91.9 cm³/mol. The van der Waals surface area contributed by atoms with Crippen molar-refractivity contribution in [2.75, 3.05) is 13.1 Å². The summed E-state index contributed by atoms with van der Waals surface area (Å²) in [6.45, 7) is 1.35. The number of rotatable bonds is 3. The fourth-order valence-electron chi connectivity index (χ4n) is 3.00. The van der Waals surface area contributed by atoms with Crippen molar-refractivity contribution >= 4 is 17.2 Å². The van der Waals surface area contributed by atoms with E-state index in [1.54, 1.807) is 12.1 Å². The number of aromatic nitrogens is 2. The number of carbonyl (C=O) groups excluding carboxylic acids is 1. The smallest absolute Gasteiger partial charge is 0.263 e. The number of piperidine rings is 1. The number of hydrogen-bond acceptors (Lipinski definition) is 5. The standard InChI is InChI=1S/C18H16FN3O2S/c19-14-5-3-12(4-6-14)16-20-17(24-21-16)13-7-9-22(10-8-13)18(23)15-2-1-11-25-15/h1-6,11,13H,7-10H2. The molecule has 3 aromatic rings. The predicted octanol–water partition coefficient (Wildman–Crippen LogP) is 3.96. The minimum absolute atomic E-state index is 0.0889. The Labute approximate surface area is 148 Å². The molecule has 128 valence electrons. The van der Waals surface area contributed by atoms with Crippen LogP contribution in [0.3, 0.4) is 0 Å². The van der Waals surface area contributed by atoms with Crippen LogP contribution in [0.5, 0.6) is 0 Å². The first kappa shape index (κ1) is 16.0. The van der Waals surface area contributed by atoms with Crippen molar-refractivity contribution in [1.82, 2.24) is 15.0 Å². The zero-order valence-electron chi connectivity index (χ0n) is 13.4. The van der Waals surface area contributed by atoms with Crippen LogP contribution in [-0.4, -0.2) is 34.0 Å². The Morgan fingerprint density at radius 2 is 1.96 bits per heavy atom. The van der Waals surface area contributed by atoms with E-state index in [-0.39, 0.29) is 17.6 Å². The number of thiophene rings is 1. The maximum atomic E-state index is 13.0. The maximum Gasteiger partial charge on any atom is 0.263 e. The first-order valence-corrected chi connectivity index (χ1v) is 9.01. The van der Waals surface area contributed by atoms with Crippen LogP contribution >= 0.6 is 11.3 Å². The number of halogens is 1. The van der Waals surface area contributed by atoms with Crippen molar-refractivity contribution in [3.63, 3.8) is 0 Å². The van der Waals surface area contributed by atoms with Gasteiger partial charge in [0.25, 0.3) is 5.91 Å². The Balaban J connectivity index is 1.41. The van der Waals surface area contributed by atoms with Crippen LogP contribution in [0.25, 0.3) is 11.4 Å². The molecule has 4 rings (SSSR count). The monoisotopic (exact) mass is 357 g/mol. The van der Waals surface area contributed by atoms with E-state index in [1.165, 1.54) is 23.5 Å². The van der Waals surface area contributed by atoms with Crippen molar-refractivity contribution in [2.45, 2.75) is 18.8 Å². The number of benzene rings is 1. The highest BCUT2D eigenvalue weighted by molar-refractivity contribution is 7.12. The molecule has 2 aromatic heterocycles. The van der Waals surface area contributed by atoms with Crippen molar-refractivity contribution in [3.05, 3.63) is 58.4 Å². The van der Waals surface area contributed by atoms with Crippen LogP contribution in [0.2, 0.25) is 0 Å². The maximum absolute atomic E-state index is 13.0. The lowest BCUT2D eigenvalue weighted by molar-refractivity contribution is 0.0709. The van der Waals surface area contributed by atoms with Crippen LogP contribution in [0.1, 0.15) is 34.3 Å². The van der Waals surface area contributed by atoms with Gasteiger partial charge in [0, 0.05) is 24.6 Å². The molecule has 7 heteroatoms. The van der Waals surface area contributed by atoms with E-state index in [2.05, 4.69) is 10.1 Å². The fraction of sp³-hybridized carbons (Fsp3) is 0.278. The zero-order chi connectivity index (χ0) is 17.2. The Kier molecular flexibility index (Phi) is 4.31. The Morgan fingerprint density at radius 1 is 1.20 bits per heavy atom. The first-order valence-electron chi connectivity index (χ1n) is 8.13. The van der Waals surface area contributed by atoms with E-state index >= 15 is 0 Å². The first-order chi connectivity index (χ1) is 12.2. The molecule has 1 aliphatic rings. The molecule has 1 amide bonds. The summed E-state index contributed by atoms with van der Waals surface area (Å²) in [4.78, 5) is 19.5. The highest BCUT2D eigenvalue weighted by Gasteiger charge is 2.28. The molecular weight excluding hydrogens is 341 g/mol. The second kappa shape index (κ2) is 6.76. The Bertz CT molecular complexity index is 853. The quantitative estimate of drug-likeness (QED) is 0.712. The Morgan fingerprint density at radius 3 is 2.64 bits per heavy atom. The number of hydrogen-bond donors (Lipinski definition) is 0. The SMILES string of the molecule is O=C(c1cccs1)N1CCC(c2nc(-c3ccc(F)cc3)no2)CC1. The molecule has 0 radical (unpaired) electrons. The minimum Gasteiger partial charge on any atom is -0.339 e. The second-order valence-corrected chi connectivity index (χ2v) is 6.95. The van der Waals surface area contributed by atoms with Crippen LogP contribution in [0, 0.1) is 5.82 Å². The van der Waals surface area contributed by atoms with Gasteiger partial charge in [-0.3, -0.25) is 4.79 Å². The van der Waals surface area contributed by atoms with Gasteiger partial charge < -0.3 is 9.42 Å². The van der Waals surface area contributed by atoms with Crippen LogP contribution in [-0.2, 0) is 0 Å². The van der Waals surface area contributed by atoms with Gasteiger partial charge >= 0.3 is 0 Å². The molecule has 1 aromatic carbocycles. The fourth-order valence-corrected chi connectivity index (χ4v) is 3.69. The minimum atomic E-state index is -0.296. The van der Waals surface area contributed by atoms with Gasteiger partial charge in [-0.2, -0.15) is 4.98 Å². The number of carbonyl (C=O) groups is 1. The summed E-state index contributed by atoms with van der Waals surface area (Å²) in [5, 5.41) is 5.91. The molecule has 0 saturated carbocycles. The van der Waals surface area contributed by atoms with E-state index in [0.29, 0.717) is 24.8 Å². The third-order valence-electron chi connectivity index (χ3n) is 4.41. The molecule has 1 saturated heterocycles. The van der Waals surface area contributed by atoms with Crippen molar-refractivity contribution < 1.29 is 13.7 Å². The molecule has 1 fully saturated rings. The molecule has 5 nitrogen and oxygen atoms in total. The normalized spacial score (nSPS) is 15.5. The molecule has 1 aliphatic heterocycles. The van der Waals surface area contributed by atoms with Crippen LogP contribution in [0.4, 0.5) is 4.39 Å². The van der Waals surface area contributed by atoms with Crippen LogP contribution in [0.15, 0.2) is 46.3 Å². The van der Waals surface area contributed by atoms with Gasteiger partial charge in [-0.1, -0.05) is 11.2 Å². The van der Waals surface area contributed by atoms with Crippen LogP contribution < -0.4 is 0 Å². The lowest BCUT2D eigenvalue weighted by Gasteiger charge is -2.30. The number of nitrogens with zero attached hydrogens (tertiary/aromatic N) is 3. The summed E-state index contributed by atoms with van der Waals surface area (Å²) in [5.74, 6) is 0.991. The van der Waals surface area contributed by atoms with Crippen molar-refractivity contribution in [3.8, 4) is 11.4 Å². The lowest BCUT2D eigenvalue weighted by Crippen LogP contribution is -2.37. The molecule has 0 aliphatic carbocycles. The molecule has 0 unspecified atom stereocenters. The average molecular weight is 357 g/mol. The second-order valence-electron chi connectivity index (χ2n) is 6.01. The van der Waals surface area contributed by atoms with E-state index in [4.69, 9.17) is 4.52 Å². The summed E-state index contributed by atoms with van der Waals surface area (Å²) in [5.41, 5.74) is 0.724. The molecular formula is C18H16FN3O2S. The third kappa shape index (κ3) is 3.32. The molecule has 0 N–H and O–H groups in total. The van der Waals surface area contributed by atoms with Gasteiger partial charge in [0.1, 0.15) is 5.82 Å². The number of amides is 1. The zero-order valence-corrected chi connectivity index (χ0v) is 14.2. The molecule has 0 spiro atoms. The molecule has 3 heterocycles. The summed E-state index contributed by atoms with van der Waals surface area (Å²) in [6, 6.07) is 9.75. The van der Waals surface area contributed by atoms with Gasteiger partial charge in [0.05, 0.1) is 4.88 Å². The van der Waals surface area contributed by atoms with E-state index in [9.17, 15) is 9.18 Å². The van der Waals surface area contributed by atoms with Crippen molar-refractivity contribution in [2.24, 2.45) is 0 Å². The molecule has 25 heavy (non-hydrogen) atoms. The largest absolute Gasteiger partial charge is 0.339 e. The molecule has 0 atom stereocenters. The molecule has 0 bridgehead atoms. The lowest BCUT2D eigenvalue weighted by atomic mass is 9.96. The highest BCUT2D eigenvalue weighted by atomic mass is 32.1. The summed E-state index contributed by atoms with van der Waals surface area (Å²) in [6.07, 6.45) is 1.59. The van der Waals surface area contributed by atoms with Gasteiger partial charge in [0.15, 0.2) is 0 Å². The van der Waals surface area contributed by atoms with Crippen molar-refractivity contribution in [1.29, 1.82) is 0 Å². The summed E-state index contributed by atoms with van der Waals surface area (Å²) in [7, 11) is 0. The van der Waals surface area contributed by atoms with Gasteiger partial charge in [-0.05, 0) is 48.6 Å². The number of likely N-dealkylation sites (tertiary alicyclic amines) is 1. The van der Waals surface area contributed by atoms with Gasteiger partial charge in [-0.15, -0.1) is 11.3 Å². The van der Waals surface area contributed by atoms with Gasteiger partial charge in [-0.25, -0.2) is 4.39 Å². The highest BCUT2D eigenvalue weighted by Crippen LogP contribution is 2.29. The summed E-state index contributed by atoms with van der Waals surface area (Å²) >= 11 is 1.47. The third-order valence-corrected chi connectivity index (χ3v) is 5.27. The average Bonchev–Trinajstić information content (AvgIpc) is 3.34. The summed E-state index contributed by atoms with van der Waals surface area (Å²) < 4.78 is 18.4. The van der Waals surface area contributed by atoms with E-state index in [0.717, 1.165) is 23.3 Å². The van der Waals surface area contributed by atoms with Gasteiger partial charge in [0.2, 0.25) is 11.7 Å². The topological polar surface area (TPSA) is 59.2 Å². The Hall–Kier alpha value is -2.54. The van der Waals surface area contributed by atoms with E-state index in [1.807, 2.05) is 22.4 Å². The van der Waals surface area contributed by atoms with E-state index < -0.39 is 0 Å².